The van der Waals surface area contributed by atoms with E-state index in [1.165, 1.54) is 0 Å². The first-order valence-corrected chi connectivity index (χ1v) is 7.77. The van der Waals surface area contributed by atoms with Gasteiger partial charge in [-0.15, -0.1) is 12.4 Å². The Morgan fingerprint density at radius 1 is 1.24 bits per heavy atom. The zero-order valence-corrected chi connectivity index (χ0v) is 14.7. The van der Waals surface area contributed by atoms with Crippen LogP contribution in [0.15, 0.2) is 12.1 Å². The van der Waals surface area contributed by atoms with Crippen LogP contribution < -0.4 is 10.5 Å². The molecule has 21 heavy (non-hydrogen) atoms. The molecular formula is C16H27Cl2NO2. The Hall–Kier alpha value is -0.480. The molecule has 1 aromatic rings. The lowest BCUT2D eigenvalue weighted by molar-refractivity contribution is 0.134. The lowest BCUT2D eigenvalue weighted by atomic mass is 10.0. The second-order valence-electron chi connectivity index (χ2n) is 4.92. The van der Waals surface area contributed by atoms with E-state index in [-0.39, 0.29) is 18.4 Å². The topological polar surface area (TPSA) is 44.5 Å². The van der Waals surface area contributed by atoms with Crippen LogP contribution in [0.1, 0.15) is 44.7 Å². The van der Waals surface area contributed by atoms with Crippen LogP contribution >= 0.6 is 24.0 Å². The van der Waals surface area contributed by atoms with E-state index in [0.29, 0.717) is 24.8 Å². The molecule has 122 valence electrons. The predicted molar refractivity (Wildman–Crippen MR) is 91.8 cm³/mol. The SMILES string of the molecule is CCCOc1c(Cl)cc(COCC)cc1CC(N)CC.Cl. The highest BCUT2D eigenvalue weighted by Gasteiger charge is 2.13. The quantitative estimate of drug-likeness (QED) is 0.728. The first-order valence-electron chi connectivity index (χ1n) is 7.39. The molecule has 1 rings (SSSR count). The Balaban J connectivity index is 0.00000400. The molecular weight excluding hydrogens is 309 g/mol. The molecule has 0 amide bonds. The van der Waals surface area contributed by atoms with Gasteiger partial charge in [0.05, 0.1) is 18.2 Å². The fourth-order valence-electron chi connectivity index (χ4n) is 1.96. The summed E-state index contributed by atoms with van der Waals surface area (Å²) < 4.78 is 11.2. The largest absolute Gasteiger partial charge is 0.492 e. The smallest absolute Gasteiger partial charge is 0.141 e. The van der Waals surface area contributed by atoms with E-state index in [9.17, 15) is 0 Å². The highest BCUT2D eigenvalue weighted by Crippen LogP contribution is 2.32. The Morgan fingerprint density at radius 2 is 1.95 bits per heavy atom. The van der Waals surface area contributed by atoms with Gasteiger partial charge in [0.15, 0.2) is 0 Å². The number of halogens is 2. The number of hydrogen-bond acceptors (Lipinski definition) is 3. The van der Waals surface area contributed by atoms with Crippen LogP contribution in [-0.2, 0) is 17.8 Å². The molecule has 0 aliphatic carbocycles. The summed E-state index contributed by atoms with van der Waals surface area (Å²) in [6.45, 7) is 8.07. The van der Waals surface area contributed by atoms with Crippen molar-refractivity contribution in [1.82, 2.24) is 0 Å². The minimum Gasteiger partial charge on any atom is -0.492 e. The third-order valence-corrected chi connectivity index (χ3v) is 3.39. The number of nitrogens with two attached hydrogens (primary N) is 1. The molecule has 0 bridgehead atoms. The Morgan fingerprint density at radius 3 is 2.52 bits per heavy atom. The van der Waals surface area contributed by atoms with Gasteiger partial charge in [0.25, 0.3) is 0 Å². The molecule has 0 aliphatic rings. The Bertz CT molecular complexity index is 414. The third-order valence-electron chi connectivity index (χ3n) is 3.11. The van der Waals surface area contributed by atoms with Crippen molar-refractivity contribution in [2.45, 2.75) is 52.7 Å². The molecule has 5 heteroatoms. The van der Waals surface area contributed by atoms with Gasteiger partial charge < -0.3 is 15.2 Å². The molecule has 1 atom stereocenters. The van der Waals surface area contributed by atoms with E-state index in [0.717, 1.165) is 36.1 Å². The van der Waals surface area contributed by atoms with E-state index in [4.69, 9.17) is 26.8 Å². The number of rotatable bonds is 9. The molecule has 0 saturated carbocycles. The van der Waals surface area contributed by atoms with Crippen molar-refractivity contribution < 1.29 is 9.47 Å². The summed E-state index contributed by atoms with van der Waals surface area (Å²) in [5.41, 5.74) is 8.22. The third kappa shape index (κ3) is 6.88. The number of benzene rings is 1. The predicted octanol–water partition coefficient (Wildman–Crippen LogP) is 4.37. The molecule has 0 fully saturated rings. The van der Waals surface area contributed by atoms with Crippen molar-refractivity contribution >= 4 is 24.0 Å². The van der Waals surface area contributed by atoms with Crippen molar-refractivity contribution in [3.05, 3.63) is 28.3 Å². The van der Waals surface area contributed by atoms with Crippen LogP contribution in [0.3, 0.4) is 0 Å². The monoisotopic (exact) mass is 335 g/mol. The highest BCUT2D eigenvalue weighted by molar-refractivity contribution is 6.32. The number of ether oxygens (including phenoxy) is 2. The van der Waals surface area contributed by atoms with Gasteiger partial charge in [-0.05, 0) is 49.4 Å². The summed E-state index contributed by atoms with van der Waals surface area (Å²) in [4.78, 5) is 0. The second-order valence-corrected chi connectivity index (χ2v) is 5.33. The Labute approximate surface area is 139 Å². The van der Waals surface area contributed by atoms with Gasteiger partial charge in [-0.2, -0.15) is 0 Å². The van der Waals surface area contributed by atoms with Gasteiger partial charge in [0.1, 0.15) is 5.75 Å². The van der Waals surface area contributed by atoms with E-state index in [1.807, 2.05) is 13.0 Å². The van der Waals surface area contributed by atoms with Gasteiger partial charge in [0.2, 0.25) is 0 Å². The fourth-order valence-corrected chi connectivity index (χ4v) is 2.28. The summed E-state index contributed by atoms with van der Waals surface area (Å²) in [5.74, 6) is 0.776. The molecule has 0 heterocycles. The average molecular weight is 336 g/mol. The normalized spacial score (nSPS) is 11.9. The minimum atomic E-state index is 0. The highest BCUT2D eigenvalue weighted by atomic mass is 35.5. The van der Waals surface area contributed by atoms with Crippen LogP contribution in [0.4, 0.5) is 0 Å². The van der Waals surface area contributed by atoms with Crippen molar-refractivity contribution in [2.75, 3.05) is 13.2 Å². The van der Waals surface area contributed by atoms with Gasteiger partial charge in [-0.25, -0.2) is 0 Å². The van der Waals surface area contributed by atoms with Crippen LogP contribution in [0.25, 0.3) is 0 Å². The molecule has 0 aliphatic heterocycles. The number of hydrogen-bond donors (Lipinski definition) is 1. The molecule has 0 radical (unpaired) electrons. The standard InChI is InChI=1S/C16H26ClNO2.ClH/c1-4-7-20-16-13(10-14(18)5-2)8-12(9-15(16)17)11-19-6-3;/h8-9,14H,4-7,10-11,18H2,1-3H3;1H. The molecule has 0 spiro atoms. The van der Waals surface area contributed by atoms with Crippen molar-refractivity contribution in [2.24, 2.45) is 5.73 Å². The van der Waals surface area contributed by atoms with E-state index < -0.39 is 0 Å². The first-order chi connectivity index (χ1) is 9.62. The van der Waals surface area contributed by atoms with Crippen molar-refractivity contribution in [3.8, 4) is 5.75 Å². The molecule has 0 aromatic heterocycles. The van der Waals surface area contributed by atoms with Crippen molar-refractivity contribution in [3.63, 3.8) is 0 Å². The summed E-state index contributed by atoms with van der Waals surface area (Å²) in [5, 5.41) is 0.647. The van der Waals surface area contributed by atoms with Crippen LogP contribution in [-0.4, -0.2) is 19.3 Å². The van der Waals surface area contributed by atoms with E-state index in [2.05, 4.69) is 19.9 Å². The van der Waals surface area contributed by atoms with Crippen LogP contribution in [0.2, 0.25) is 5.02 Å². The van der Waals surface area contributed by atoms with Crippen LogP contribution in [0.5, 0.6) is 5.75 Å². The van der Waals surface area contributed by atoms with E-state index in [1.54, 1.807) is 0 Å². The zero-order chi connectivity index (χ0) is 15.0. The maximum absolute atomic E-state index is 6.35. The maximum Gasteiger partial charge on any atom is 0.141 e. The zero-order valence-electron chi connectivity index (χ0n) is 13.2. The Kier molecular flexibility index (Phi) is 10.9. The van der Waals surface area contributed by atoms with Gasteiger partial charge in [-0.1, -0.05) is 25.4 Å². The first kappa shape index (κ1) is 20.5. The minimum absolute atomic E-state index is 0. The maximum atomic E-state index is 6.35. The summed E-state index contributed by atoms with van der Waals surface area (Å²) in [6.07, 6.45) is 2.66. The van der Waals surface area contributed by atoms with Gasteiger partial charge in [0, 0.05) is 12.6 Å². The average Bonchev–Trinajstić information content (AvgIpc) is 2.44. The summed E-state index contributed by atoms with van der Waals surface area (Å²) >= 11 is 6.35. The lowest BCUT2D eigenvalue weighted by Gasteiger charge is -2.17. The molecule has 1 aromatic carbocycles. The van der Waals surface area contributed by atoms with Crippen molar-refractivity contribution in [1.29, 1.82) is 0 Å². The van der Waals surface area contributed by atoms with Gasteiger partial charge >= 0.3 is 0 Å². The molecule has 0 saturated heterocycles. The van der Waals surface area contributed by atoms with E-state index >= 15 is 0 Å². The second kappa shape index (κ2) is 11.1. The molecule has 3 nitrogen and oxygen atoms in total. The van der Waals surface area contributed by atoms with Gasteiger partial charge in [-0.3, -0.25) is 0 Å². The fraction of sp³-hybridized carbons (Fsp3) is 0.625. The molecule has 1 unspecified atom stereocenters. The summed E-state index contributed by atoms with van der Waals surface area (Å²) in [6, 6.07) is 4.14. The molecule has 2 N–H and O–H groups in total. The lowest BCUT2D eigenvalue weighted by Crippen LogP contribution is -2.22. The van der Waals surface area contributed by atoms with Crippen LogP contribution in [0, 0.1) is 0 Å². The summed E-state index contributed by atoms with van der Waals surface area (Å²) in [7, 11) is 0.